The lowest BCUT2D eigenvalue weighted by molar-refractivity contribution is 0.415. The van der Waals surface area contributed by atoms with Gasteiger partial charge in [0.2, 0.25) is 0 Å². The average Bonchev–Trinajstić information content (AvgIpc) is 2.74. The number of benzene rings is 2. The van der Waals surface area contributed by atoms with Crippen molar-refractivity contribution < 1.29 is 4.74 Å². The zero-order chi connectivity index (χ0) is 15.0. The van der Waals surface area contributed by atoms with Crippen molar-refractivity contribution in [1.82, 2.24) is 4.57 Å². The van der Waals surface area contributed by atoms with Gasteiger partial charge in [-0.25, -0.2) is 0 Å². The molecular formula is C18H20N2O. The Balaban J connectivity index is 2.09. The van der Waals surface area contributed by atoms with E-state index in [9.17, 15) is 0 Å². The molecule has 108 valence electrons. The fourth-order valence-corrected chi connectivity index (χ4v) is 2.69. The minimum atomic E-state index is 0.781. The summed E-state index contributed by atoms with van der Waals surface area (Å²) in [4.78, 5) is 0. The largest absolute Gasteiger partial charge is 0.497 e. The van der Waals surface area contributed by atoms with E-state index in [2.05, 4.69) is 48.7 Å². The molecule has 0 saturated carbocycles. The molecule has 0 radical (unpaired) electrons. The molecule has 0 saturated heterocycles. The summed E-state index contributed by atoms with van der Waals surface area (Å²) in [7, 11) is 1.68. The van der Waals surface area contributed by atoms with Crippen LogP contribution in [0.15, 0.2) is 42.5 Å². The molecule has 0 aliphatic rings. The number of anilines is 1. The second-order valence-corrected chi connectivity index (χ2v) is 5.47. The van der Waals surface area contributed by atoms with Gasteiger partial charge in [0.05, 0.1) is 12.6 Å². The van der Waals surface area contributed by atoms with Crippen molar-refractivity contribution in [3.63, 3.8) is 0 Å². The maximum absolute atomic E-state index is 6.31. The molecule has 0 spiro atoms. The summed E-state index contributed by atoms with van der Waals surface area (Å²) in [6.45, 7) is 4.94. The third kappa shape index (κ3) is 2.35. The summed E-state index contributed by atoms with van der Waals surface area (Å²) in [5.41, 5.74) is 11.1. The van der Waals surface area contributed by atoms with Crippen molar-refractivity contribution >= 4 is 16.7 Å². The number of hydrogen-bond donors (Lipinski definition) is 1. The summed E-state index contributed by atoms with van der Waals surface area (Å²) in [6, 6.07) is 14.7. The van der Waals surface area contributed by atoms with Crippen molar-refractivity contribution in [2.45, 2.75) is 20.4 Å². The maximum atomic E-state index is 6.31. The number of nitrogens with zero attached hydrogens (tertiary/aromatic N) is 1. The minimum Gasteiger partial charge on any atom is -0.497 e. The first-order chi connectivity index (χ1) is 10.1. The highest BCUT2D eigenvalue weighted by Crippen LogP contribution is 2.31. The molecule has 21 heavy (non-hydrogen) atoms. The lowest BCUT2D eigenvalue weighted by atomic mass is 10.1. The van der Waals surface area contributed by atoms with Crippen LogP contribution in [0.25, 0.3) is 10.9 Å². The van der Waals surface area contributed by atoms with E-state index in [1.54, 1.807) is 7.11 Å². The predicted molar refractivity (Wildman–Crippen MR) is 87.9 cm³/mol. The molecule has 0 aliphatic carbocycles. The monoisotopic (exact) mass is 280 g/mol. The lowest BCUT2D eigenvalue weighted by Gasteiger charge is -2.09. The molecule has 0 amide bonds. The van der Waals surface area contributed by atoms with Gasteiger partial charge in [0, 0.05) is 11.9 Å². The summed E-state index contributed by atoms with van der Waals surface area (Å²) < 4.78 is 7.47. The molecule has 0 fully saturated rings. The molecule has 3 rings (SSSR count). The Labute approximate surface area is 125 Å². The van der Waals surface area contributed by atoms with E-state index in [0.717, 1.165) is 34.6 Å². The molecule has 0 unspecified atom stereocenters. The number of aryl methyl sites for hydroxylation is 2. The molecule has 2 N–H and O–H groups in total. The maximum Gasteiger partial charge on any atom is 0.119 e. The minimum absolute atomic E-state index is 0.781. The van der Waals surface area contributed by atoms with E-state index in [1.165, 1.54) is 11.1 Å². The van der Waals surface area contributed by atoms with Crippen LogP contribution in [0, 0.1) is 13.8 Å². The Morgan fingerprint density at radius 2 is 1.76 bits per heavy atom. The van der Waals surface area contributed by atoms with Gasteiger partial charge in [0.25, 0.3) is 0 Å². The number of fused-ring (bicyclic) bond motifs is 1. The van der Waals surface area contributed by atoms with Crippen molar-refractivity contribution in [3.8, 4) is 5.75 Å². The van der Waals surface area contributed by atoms with E-state index in [4.69, 9.17) is 10.5 Å². The number of methoxy groups -OCH3 is 1. The van der Waals surface area contributed by atoms with E-state index >= 15 is 0 Å². The van der Waals surface area contributed by atoms with E-state index in [-0.39, 0.29) is 0 Å². The second kappa shape index (κ2) is 5.17. The van der Waals surface area contributed by atoms with Crippen molar-refractivity contribution in [3.05, 3.63) is 59.2 Å². The fourth-order valence-electron chi connectivity index (χ4n) is 2.69. The van der Waals surface area contributed by atoms with E-state index < -0.39 is 0 Å². The van der Waals surface area contributed by atoms with Crippen molar-refractivity contribution in [2.24, 2.45) is 0 Å². The second-order valence-electron chi connectivity index (χ2n) is 5.47. The fraction of sp³-hybridized carbons (Fsp3) is 0.222. The highest BCUT2D eigenvalue weighted by atomic mass is 16.5. The van der Waals surface area contributed by atoms with E-state index in [0.29, 0.717) is 0 Å². The molecule has 3 aromatic rings. The number of aromatic nitrogens is 1. The van der Waals surface area contributed by atoms with Gasteiger partial charge in [-0.15, -0.1) is 0 Å². The van der Waals surface area contributed by atoms with Crippen LogP contribution in [0.1, 0.15) is 16.7 Å². The van der Waals surface area contributed by atoms with Gasteiger partial charge in [0.1, 0.15) is 11.6 Å². The van der Waals surface area contributed by atoms with Crippen LogP contribution in [0.3, 0.4) is 0 Å². The highest BCUT2D eigenvalue weighted by Gasteiger charge is 2.12. The van der Waals surface area contributed by atoms with Crippen LogP contribution in [-0.2, 0) is 6.54 Å². The molecule has 0 bridgehead atoms. The number of nitrogens with two attached hydrogens (primary N) is 1. The topological polar surface area (TPSA) is 40.2 Å². The summed E-state index contributed by atoms with van der Waals surface area (Å²) in [6.07, 6.45) is 0. The van der Waals surface area contributed by atoms with Gasteiger partial charge in [-0.05, 0) is 43.2 Å². The number of nitrogen functional groups attached to an aromatic ring is 1. The van der Waals surface area contributed by atoms with Gasteiger partial charge >= 0.3 is 0 Å². The third-order valence-electron chi connectivity index (χ3n) is 4.03. The molecule has 1 aromatic heterocycles. The first-order valence-corrected chi connectivity index (χ1v) is 7.08. The SMILES string of the molecule is COc1ccc2c(c1)c(C)c(N)n2Cc1ccc(C)cc1. The predicted octanol–water partition coefficient (Wildman–Crippen LogP) is 3.90. The quantitative estimate of drug-likeness (QED) is 0.790. The van der Waals surface area contributed by atoms with E-state index in [1.807, 2.05) is 12.1 Å². The number of rotatable bonds is 3. The standard InChI is InChI=1S/C18H20N2O/c1-12-4-6-14(7-5-12)11-20-17-9-8-15(21-3)10-16(17)13(2)18(20)19/h4-10H,11,19H2,1-3H3. The van der Waals surface area contributed by atoms with Crippen LogP contribution >= 0.6 is 0 Å². The smallest absolute Gasteiger partial charge is 0.119 e. The van der Waals surface area contributed by atoms with Gasteiger partial charge in [-0.2, -0.15) is 0 Å². The molecule has 3 nitrogen and oxygen atoms in total. The summed E-state index contributed by atoms with van der Waals surface area (Å²) in [5.74, 6) is 1.68. The van der Waals surface area contributed by atoms with Crippen LogP contribution in [0.5, 0.6) is 5.75 Å². The first-order valence-electron chi connectivity index (χ1n) is 7.08. The normalized spacial score (nSPS) is 11.0. The van der Waals surface area contributed by atoms with Gasteiger partial charge < -0.3 is 15.0 Å². The molecular weight excluding hydrogens is 260 g/mol. The summed E-state index contributed by atoms with van der Waals surface area (Å²) >= 11 is 0. The zero-order valence-electron chi connectivity index (χ0n) is 12.7. The van der Waals surface area contributed by atoms with Gasteiger partial charge in [-0.1, -0.05) is 29.8 Å². The van der Waals surface area contributed by atoms with Crippen LogP contribution in [0.4, 0.5) is 5.82 Å². The van der Waals surface area contributed by atoms with Gasteiger partial charge in [-0.3, -0.25) is 0 Å². The third-order valence-corrected chi connectivity index (χ3v) is 4.03. The number of ether oxygens (including phenoxy) is 1. The Kier molecular flexibility index (Phi) is 3.34. The average molecular weight is 280 g/mol. The lowest BCUT2D eigenvalue weighted by Crippen LogP contribution is -2.04. The van der Waals surface area contributed by atoms with Crippen LogP contribution in [-0.4, -0.2) is 11.7 Å². The highest BCUT2D eigenvalue weighted by molar-refractivity contribution is 5.90. The Morgan fingerprint density at radius 1 is 1.05 bits per heavy atom. The Hall–Kier alpha value is -2.42. The van der Waals surface area contributed by atoms with Crippen LogP contribution in [0.2, 0.25) is 0 Å². The molecule has 1 heterocycles. The molecule has 3 heteroatoms. The first kappa shape index (κ1) is 13.6. The summed E-state index contributed by atoms with van der Waals surface area (Å²) in [5, 5.41) is 1.15. The number of hydrogen-bond acceptors (Lipinski definition) is 2. The zero-order valence-corrected chi connectivity index (χ0v) is 12.7. The molecule has 2 aromatic carbocycles. The molecule has 0 atom stereocenters. The Morgan fingerprint density at radius 3 is 2.43 bits per heavy atom. The Bertz CT molecular complexity index is 785. The van der Waals surface area contributed by atoms with Gasteiger partial charge in [0.15, 0.2) is 0 Å². The van der Waals surface area contributed by atoms with Crippen molar-refractivity contribution in [2.75, 3.05) is 12.8 Å². The molecule has 0 aliphatic heterocycles. The van der Waals surface area contributed by atoms with Crippen LogP contribution < -0.4 is 10.5 Å². The van der Waals surface area contributed by atoms with Crippen molar-refractivity contribution in [1.29, 1.82) is 0 Å².